The van der Waals surface area contributed by atoms with Crippen molar-refractivity contribution in [2.75, 3.05) is 7.11 Å². The lowest BCUT2D eigenvalue weighted by molar-refractivity contribution is -0.130. The van der Waals surface area contributed by atoms with E-state index < -0.39 is 0 Å². The van der Waals surface area contributed by atoms with E-state index in [0.29, 0.717) is 30.6 Å². The number of benzene rings is 1. The number of fused-ring (bicyclic) bond motifs is 1. The smallest absolute Gasteiger partial charge is 0.291 e. The monoisotopic (exact) mass is 486 g/mol. The first kappa shape index (κ1) is 24.1. The van der Waals surface area contributed by atoms with Crippen LogP contribution in [0.3, 0.4) is 0 Å². The molecule has 2 fully saturated rings. The van der Waals surface area contributed by atoms with Crippen LogP contribution in [0.4, 0.5) is 0 Å². The molecule has 7 heteroatoms. The van der Waals surface area contributed by atoms with E-state index in [9.17, 15) is 4.79 Å². The fraction of sp³-hybridized carbons (Fsp3) is 0.414. The summed E-state index contributed by atoms with van der Waals surface area (Å²) < 4.78 is 11.8. The molecule has 7 nitrogen and oxygen atoms in total. The quantitative estimate of drug-likeness (QED) is 0.617. The maximum Gasteiger partial charge on any atom is 0.291 e. The molecule has 0 bridgehead atoms. The van der Waals surface area contributed by atoms with E-state index in [2.05, 4.69) is 47.3 Å². The highest BCUT2D eigenvalue weighted by molar-refractivity contribution is 5.96. The van der Waals surface area contributed by atoms with Gasteiger partial charge in [-0.2, -0.15) is 0 Å². The van der Waals surface area contributed by atoms with E-state index in [4.69, 9.17) is 9.47 Å². The summed E-state index contributed by atoms with van der Waals surface area (Å²) in [6, 6.07) is 12.7. The summed E-state index contributed by atoms with van der Waals surface area (Å²) in [5.74, 6) is 1.21. The number of amidine groups is 1. The SMILES string of the molecule is COC1=C2OC(=NCc3cccc(C)c3)NC2C(C)C(C(=O)N(Cc2cccnc2)C2CCCC2)=C1. The first-order chi connectivity index (χ1) is 17.5. The van der Waals surface area contributed by atoms with Crippen LogP contribution in [0.2, 0.25) is 0 Å². The van der Waals surface area contributed by atoms with E-state index in [-0.39, 0.29) is 23.9 Å². The van der Waals surface area contributed by atoms with Crippen molar-refractivity contribution < 1.29 is 14.3 Å². The Morgan fingerprint density at radius 1 is 1.22 bits per heavy atom. The average Bonchev–Trinajstić information content (AvgIpc) is 3.58. The van der Waals surface area contributed by atoms with E-state index in [0.717, 1.165) is 42.4 Å². The molecule has 0 radical (unpaired) electrons. The Bertz CT molecular complexity index is 1200. The molecule has 36 heavy (non-hydrogen) atoms. The van der Waals surface area contributed by atoms with Gasteiger partial charge in [0, 0.05) is 36.5 Å². The number of nitrogens with zero attached hydrogens (tertiary/aromatic N) is 3. The van der Waals surface area contributed by atoms with Gasteiger partial charge in [-0.1, -0.05) is 55.7 Å². The number of amides is 1. The molecule has 3 aliphatic rings. The first-order valence-corrected chi connectivity index (χ1v) is 12.8. The zero-order valence-corrected chi connectivity index (χ0v) is 21.2. The molecule has 1 amide bonds. The summed E-state index contributed by atoms with van der Waals surface area (Å²) in [6.07, 6.45) is 9.84. The lowest BCUT2D eigenvalue weighted by Gasteiger charge is -2.34. The van der Waals surface area contributed by atoms with Crippen LogP contribution < -0.4 is 5.32 Å². The molecule has 1 aromatic carbocycles. The van der Waals surface area contributed by atoms with Gasteiger partial charge in [-0.05, 0) is 43.0 Å². The second-order valence-corrected chi connectivity index (χ2v) is 9.89. The molecule has 2 heterocycles. The number of rotatable bonds is 7. The van der Waals surface area contributed by atoms with Gasteiger partial charge in [0.1, 0.15) is 0 Å². The second-order valence-electron chi connectivity index (χ2n) is 9.89. The van der Waals surface area contributed by atoms with Gasteiger partial charge < -0.3 is 19.7 Å². The normalized spacial score (nSPS) is 22.6. The Balaban J connectivity index is 1.37. The number of aliphatic imine (C=N–C) groups is 1. The van der Waals surface area contributed by atoms with E-state index in [1.807, 2.05) is 35.4 Å². The van der Waals surface area contributed by atoms with Crippen LogP contribution in [0.1, 0.15) is 49.3 Å². The van der Waals surface area contributed by atoms with Crippen LogP contribution in [-0.2, 0) is 27.4 Å². The fourth-order valence-corrected chi connectivity index (χ4v) is 5.38. The fourth-order valence-electron chi connectivity index (χ4n) is 5.38. The summed E-state index contributed by atoms with van der Waals surface area (Å²) in [5, 5.41) is 3.40. The van der Waals surface area contributed by atoms with Crippen molar-refractivity contribution >= 4 is 11.9 Å². The Morgan fingerprint density at radius 2 is 2.03 bits per heavy atom. The maximum absolute atomic E-state index is 14.0. The lowest BCUT2D eigenvalue weighted by atomic mass is 9.86. The molecule has 188 valence electrons. The predicted molar refractivity (Wildman–Crippen MR) is 139 cm³/mol. The number of hydrogen-bond donors (Lipinski definition) is 1. The molecule has 2 atom stereocenters. The first-order valence-electron chi connectivity index (χ1n) is 12.8. The topological polar surface area (TPSA) is 76.1 Å². The lowest BCUT2D eigenvalue weighted by Crippen LogP contribution is -2.44. The average molecular weight is 487 g/mol. The molecule has 1 saturated heterocycles. The van der Waals surface area contributed by atoms with Gasteiger partial charge in [0.2, 0.25) is 0 Å². The Morgan fingerprint density at radius 3 is 2.75 bits per heavy atom. The van der Waals surface area contributed by atoms with E-state index in [1.165, 1.54) is 5.56 Å². The minimum Gasteiger partial charge on any atom is -0.493 e. The summed E-state index contributed by atoms with van der Waals surface area (Å²) in [7, 11) is 1.61. The van der Waals surface area contributed by atoms with Crippen molar-refractivity contribution in [3.8, 4) is 0 Å². The van der Waals surface area contributed by atoms with Crippen LogP contribution in [0.15, 0.2) is 77.0 Å². The minimum absolute atomic E-state index is 0.0544. The highest BCUT2D eigenvalue weighted by Crippen LogP contribution is 2.36. The number of ether oxygens (including phenoxy) is 2. The number of carbonyl (C=O) groups is 1. The van der Waals surface area contributed by atoms with Crippen molar-refractivity contribution in [2.45, 2.75) is 64.7 Å². The highest BCUT2D eigenvalue weighted by Gasteiger charge is 2.43. The molecule has 1 N–H and O–H groups in total. The van der Waals surface area contributed by atoms with E-state index in [1.54, 1.807) is 13.3 Å². The van der Waals surface area contributed by atoms with Gasteiger partial charge >= 0.3 is 0 Å². The number of carbonyl (C=O) groups excluding carboxylic acids is 1. The van der Waals surface area contributed by atoms with Crippen molar-refractivity contribution in [2.24, 2.45) is 10.9 Å². The number of aromatic nitrogens is 1. The predicted octanol–water partition coefficient (Wildman–Crippen LogP) is 4.64. The Hall–Kier alpha value is -3.61. The van der Waals surface area contributed by atoms with Crippen molar-refractivity contribution in [3.63, 3.8) is 0 Å². The summed E-state index contributed by atoms with van der Waals surface area (Å²) >= 11 is 0. The summed E-state index contributed by atoms with van der Waals surface area (Å²) in [5.41, 5.74) is 4.09. The maximum atomic E-state index is 14.0. The number of nitrogens with one attached hydrogen (secondary N) is 1. The molecular formula is C29H34N4O3. The molecule has 1 saturated carbocycles. The third-order valence-corrected chi connectivity index (χ3v) is 7.34. The number of aryl methyl sites for hydroxylation is 1. The van der Waals surface area contributed by atoms with Gasteiger partial charge in [-0.25, -0.2) is 4.99 Å². The third kappa shape index (κ3) is 5.01. The largest absolute Gasteiger partial charge is 0.493 e. The molecular weight excluding hydrogens is 452 g/mol. The van der Waals surface area contributed by atoms with Gasteiger partial charge in [-0.3, -0.25) is 9.78 Å². The standard InChI is InChI=1S/C29H34N4O3/c1-19-8-6-9-21(14-19)17-31-29-32-26-20(2)24(15-25(35-3)27(26)36-29)28(34)33(23-11-4-5-12-23)18-22-10-7-13-30-16-22/h6-10,13-16,20,23,26H,4-5,11-12,17-18H2,1-3H3,(H,31,32). The summed E-state index contributed by atoms with van der Waals surface area (Å²) in [4.78, 5) is 25.0. The Kier molecular flexibility index (Phi) is 7.07. The summed E-state index contributed by atoms with van der Waals surface area (Å²) in [6.45, 7) is 5.20. The molecule has 2 aliphatic carbocycles. The number of methoxy groups -OCH3 is 1. The molecule has 5 rings (SSSR count). The number of pyridine rings is 1. The molecule has 1 aliphatic heterocycles. The zero-order chi connectivity index (χ0) is 25.1. The van der Waals surface area contributed by atoms with Gasteiger partial charge in [0.25, 0.3) is 11.9 Å². The van der Waals surface area contributed by atoms with Crippen molar-refractivity contribution in [3.05, 3.63) is 88.6 Å². The molecule has 2 unspecified atom stereocenters. The van der Waals surface area contributed by atoms with Crippen LogP contribution in [-0.4, -0.2) is 41.0 Å². The second kappa shape index (κ2) is 10.6. The van der Waals surface area contributed by atoms with Gasteiger partial charge in [0.15, 0.2) is 11.5 Å². The number of hydrogen-bond acceptors (Lipinski definition) is 5. The van der Waals surface area contributed by atoms with Crippen molar-refractivity contribution in [1.29, 1.82) is 0 Å². The highest BCUT2D eigenvalue weighted by atomic mass is 16.5. The molecule has 2 aromatic rings. The van der Waals surface area contributed by atoms with Gasteiger partial charge in [0.05, 0.1) is 19.7 Å². The molecule has 1 aromatic heterocycles. The van der Waals surface area contributed by atoms with Gasteiger partial charge in [-0.15, -0.1) is 0 Å². The van der Waals surface area contributed by atoms with E-state index >= 15 is 0 Å². The number of allylic oxidation sites excluding steroid dienone is 1. The van der Waals surface area contributed by atoms with Crippen molar-refractivity contribution in [1.82, 2.24) is 15.2 Å². The zero-order valence-electron chi connectivity index (χ0n) is 21.2. The third-order valence-electron chi connectivity index (χ3n) is 7.34. The molecule has 0 spiro atoms. The Labute approximate surface area is 212 Å². The van der Waals surface area contributed by atoms with Crippen LogP contribution in [0.5, 0.6) is 0 Å². The van der Waals surface area contributed by atoms with Crippen LogP contribution in [0.25, 0.3) is 0 Å². The minimum atomic E-state index is -0.205. The van der Waals surface area contributed by atoms with Crippen LogP contribution >= 0.6 is 0 Å². The van der Waals surface area contributed by atoms with Crippen LogP contribution in [0, 0.1) is 12.8 Å².